The van der Waals surface area contributed by atoms with E-state index in [4.69, 9.17) is 9.97 Å². The van der Waals surface area contributed by atoms with E-state index in [1.54, 1.807) is 0 Å². The molecule has 0 bridgehead atoms. The fraction of sp³-hybridized carbons (Fsp3) is 0. The maximum absolute atomic E-state index is 5.14. The Labute approximate surface area is 353 Å². The molecule has 0 unspecified atom stereocenters. The van der Waals surface area contributed by atoms with Crippen LogP contribution in [0.15, 0.2) is 224 Å². The molecule has 0 spiro atoms. The van der Waals surface area contributed by atoms with Gasteiger partial charge in [0.1, 0.15) is 11.6 Å². The van der Waals surface area contributed by atoms with E-state index in [1.807, 2.05) is 12.1 Å². The number of hydrogen-bond acceptors (Lipinski definition) is 3. The molecule has 3 nitrogen and oxygen atoms in total. The number of benzene rings is 10. The highest BCUT2D eigenvalue weighted by Gasteiger charge is 2.20. The van der Waals surface area contributed by atoms with Crippen LogP contribution in [-0.4, -0.2) is 9.97 Å². The molecule has 284 valence electrons. The largest absolute Gasteiger partial charge is 0.279 e. The van der Waals surface area contributed by atoms with Crippen LogP contribution in [-0.2, 0) is 0 Å². The molecule has 0 aliphatic carbocycles. The fourth-order valence-electron chi connectivity index (χ4n) is 9.21. The second-order valence-corrected chi connectivity index (χ2v) is 15.8. The molecule has 0 aliphatic rings. The van der Waals surface area contributed by atoms with Crippen LogP contribution in [0, 0.1) is 0 Å². The fourth-order valence-corrected chi connectivity index (χ4v) is 9.21. The molecule has 0 saturated heterocycles. The third-order valence-corrected chi connectivity index (χ3v) is 12.2. The quantitative estimate of drug-likeness (QED) is 0.158. The number of aromatic nitrogens is 2. The highest BCUT2D eigenvalue weighted by molar-refractivity contribution is 6.22. The lowest BCUT2D eigenvalue weighted by Crippen LogP contribution is -2.13. The summed E-state index contributed by atoms with van der Waals surface area (Å²) in [4.78, 5) is 12.4. The predicted octanol–water partition coefficient (Wildman–Crippen LogP) is 15.9. The number of fused-ring (bicyclic) bond motifs is 6. The summed E-state index contributed by atoms with van der Waals surface area (Å²) < 4.78 is 0. The SMILES string of the molecule is c1ccc2cc(-c3c4ccccc4c(-c4ccc5ccccc5c4)c4cc(-c5ccc(N(c6ccc7ccccc7n6)c6ccc7ccccc7n6)cc5)ccc34)ccc2c1. The Kier molecular flexibility index (Phi) is 8.17. The molecule has 0 fully saturated rings. The van der Waals surface area contributed by atoms with E-state index in [0.717, 1.165) is 50.3 Å². The zero-order chi connectivity index (χ0) is 40.3. The van der Waals surface area contributed by atoms with Crippen molar-refractivity contribution >= 4 is 82.2 Å². The first-order valence-electron chi connectivity index (χ1n) is 20.8. The number of rotatable bonds is 6. The first-order valence-corrected chi connectivity index (χ1v) is 20.8. The topological polar surface area (TPSA) is 29.0 Å². The Bertz CT molecular complexity index is 3580. The summed E-state index contributed by atoms with van der Waals surface area (Å²) in [5, 5.41) is 12.1. The molecule has 0 amide bonds. The van der Waals surface area contributed by atoms with E-state index in [0.29, 0.717) is 0 Å². The highest BCUT2D eigenvalue weighted by atomic mass is 15.2. The molecule has 0 aliphatic heterocycles. The summed E-state index contributed by atoms with van der Waals surface area (Å²) >= 11 is 0. The van der Waals surface area contributed by atoms with Crippen LogP contribution in [0.5, 0.6) is 0 Å². The second kappa shape index (κ2) is 14.3. The molecular formula is C58H37N3. The maximum atomic E-state index is 5.14. The van der Waals surface area contributed by atoms with Crippen LogP contribution in [0.1, 0.15) is 0 Å². The minimum absolute atomic E-state index is 0.813. The minimum atomic E-state index is 0.813. The van der Waals surface area contributed by atoms with Gasteiger partial charge >= 0.3 is 0 Å². The summed E-state index contributed by atoms with van der Waals surface area (Å²) in [6.45, 7) is 0. The molecule has 0 saturated carbocycles. The molecule has 3 heteroatoms. The van der Waals surface area contributed by atoms with E-state index in [1.165, 1.54) is 65.3 Å². The Morgan fingerprint density at radius 2 is 0.672 bits per heavy atom. The van der Waals surface area contributed by atoms with E-state index >= 15 is 0 Å². The van der Waals surface area contributed by atoms with Crippen molar-refractivity contribution < 1.29 is 0 Å². The average Bonchev–Trinajstić information content (AvgIpc) is 3.33. The third-order valence-electron chi connectivity index (χ3n) is 12.2. The second-order valence-electron chi connectivity index (χ2n) is 15.8. The summed E-state index contributed by atoms with van der Waals surface area (Å²) in [5.41, 5.74) is 10.1. The van der Waals surface area contributed by atoms with Gasteiger partial charge in [-0.05, 0) is 143 Å². The van der Waals surface area contributed by atoms with Crippen molar-refractivity contribution in [1.82, 2.24) is 9.97 Å². The van der Waals surface area contributed by atoms with Crippen LogP contribution in [0.25, 0.3) is 98.3 Å². The van der Waals surface area contributed by atoms with Crippen molar-refractivity contribution in [2.45, 2.75) is 0 Å². The maximum Gasteiger partial charge on any atom is 0.139 e. The normalized spacial score (nSPS) is 11.6. The zero-order valence-corrected chi connectivity index (χ0v) is 33.2. The van der Waals surface area contributed by atoms with Crippen LogP contribution >= 0.6 is 0 Å². The van der Waals surface area contributed by atoms with Gasteiger partial charge in [0.2, 0.25) is 0 Å². The van der Waals surface area contributed by atoms with Crippen molar-refractivity contribution in [3.05, 3.63) is 224 Å². The van der Waals surface area contributed by atoms with Crippen LogP contribution in [0.4, 0.5) is 17.3 Å². The molecule has 0 atom stereocenters. The summed E-state index contributed by atoms with van der Waals surface area (Å²) in [6.07, 6.45) is 0. The molecule has 0 radical (unpaired) electrons. The van der Waals surface area contributed by atoms with Crippen molar-refractivity contribution in [2.24, 2.45) is 0 Å². The van der Waals surface area contributed by atoms with Crippen molar-refractivity contribution in [2.75, 3.05) is 4.90 Å². The van der Waals surface area contributed by atoms with Gasteiger partial charge in [-0.15, -0.1) is 0 Å². The van der Waals surface area contributed by atoms with Gasteiger partial charge in [0, 0.05) is 16.5 Å². The van der Waals surface area contributed by atoms with Gasteiger partial charge in [-0.2, -0.15) is 0 Å². The van der Waals surface area contributed by atoms with Crippen molar-refractivity contribution in [3.63, 3.8) is 0 Å². The van der Waals surface area contributed by atoms with Crippen LogP contribution in [0.2, 0.25) is 0 Å². The van der Waals surface area contributed by atoms with Gasteiger partial charge in [-0.25, -0.2) is 9.97 Å². The smallest absolute Gasteiger partial charge is 0.139 e. The first-order chi connectivity index (χ1) is 30.2. The molecule has 2 aromatic heterocycles. The number of para-hydroxylation sites is 2. The molecular weight excluding hydrogens is 739 g/mol. The van der Waals surface area contributed by atoms with E-state index < -0.39 is 0 Å². The molecule has 61 heavy (non-hydrogen) atoms. The molecule has 12 aromatic rings. The Morgan fingerprint density at radius 1 is 0.262 bits per heavy atom. The minimum Gasteiger partial charge on any atom is -0.279 e. The van der Waals surface area contributed by atoms with Crippen molar-refractivity contribution in [3.8, 4) is 33.4 Å². The summed E-state index contributed by atoms with van der Waals surface area (Å²) in [7, 11) is 0. The molecule has 12 rings (SSSR count). The Morgan fingerprint density at radius 3 is 1.23 bits per heavy atom. The molecule has 2 heterocycles. The summed E-state index contributed by atoms with van der Waals surface area (Å²) in [6, 6.07) is 80.8. The van der Waals surface area contributed by atoms with Gasteiger partial charge < -0.3 is 0 Å². The Balaban J connectivity index is 1.05. The lowest BCUT2D eigenvalue weighted by atomic mass is 9.84. The lowest BCUT2D eigenvalue weighted by Gasteiger charge is -2.24. The van der Waals surface area contributed by atoms with E-state index in [2.05, 4.69) is 217 Å². The summed E-state index contributed by atoms with van der Waals surface area (Å²) in [5.74, 6) is 1.63. The number of anilines is 3. The van der Waals surface area contributed by atoms with Crippen molar-refractivity contribution in [1.29, 1.82) is 0 Å². The predicted molar refractivity (Wildman–Crippen MR) is 258 cm³/mol. The van der Waals surface area contributed by atoms with Crippen LogP contribution < -0.4 is 4.90 Å². The molecule has 0 N–H and O–H groups in total. The lowest BCUT2D eigenvalue weighted by molar-refractivity contribution is 1.16. The van der Waals surface area contributed by atoms with Gasteiger partial charge in [0.25, 0.3) is 0 Å². The highest BCUT2D eigenvalue weighted by Crippen LogP contribution is 2.46. The zero-order valence-electron chi connectivity index (χ0n) is 33.2. The number of nitrogens with zero attached hydrogens (tertiary/aromatic N) is 3. The van der Waals surface area contributed by atoms with Crippen LogP contribution in [0.3, 0.4) is 0 Å². The molecule has 10 aromatic carbocycles. The van der Waals surface area contributed by atoms with E-state index in [9.17, 15) is 0 Å². The van der Waals surface area contributed by atoms with Gasteiger partial charge in [0.05, 0.1) is 11.0 Å². The van der Waals surface area contributed by atoms with Gasteiger partial charge in [0.15, 0.2) is 0 Å². The monoisotopic (exact) mass is 775 g/mol. The Hall–Kier alpha value is -8.14. The third kappa shape index (κ3) is 6.06. The number of hydrogen-bond donors (Lipinski definition) is 0. The number of pyridine rings is 2. The average molecular weight is 776 g/mol. The van der Waals surface area contributed by atoms with E-state index in [-0.39, 0.29) is 0 Å². The van der Waals surface area contributed by atoms with Gasteiger partial charge in [-0.3, -0.25) is 4.90 Å². The standard InChI is InChI=1S/C58H37N3/c1-3-15-43-35-46(23-21-38(43)11-1)57-49-17-7-8-18-50(49)58(47-24-22-39-12-2-4-16-44(39)36-47)52-37-45(27-32-51(52)57)40-25-30-48(31-26-40)61(55-33-28-41-13-5-9-19-53(41)59-55)56-34-29-42-14-6-10-20-54(42)60-56/h1-37H. The van der Waals surface area contributed by atoms with Gasteiger partial charge in [-0.1, -0.05) is 158 Å². The first kappa shape index (κ1) is 34.9.